The summed E-state index contributed by atoms with van der Waals surface area (Å²) >= 11 is 1.61. The van der Waals surface area contributed by atoms with Crippen molar-refractivity contribution in [2.24, 2.45) is 11.8 Å². The number of fused-ring (bicyclic) bond motifs is 5. The Hall–Kier alpha value is -6.76. The summed E-state index contributed by atoms with van der Waals surface area (Å²) in [7, 11) is 0. The average Bonchev–Trinajstić information content (AvgIpc) is 4.32. The molecule has 5 saturated heterocycles. The van der Waals surface area contributed by atoms with Gasteiger partial charge in [0.25, 0.3) is 0 Å². The van der Waals surface area contributed by atoms with Crippen molar-refractivity contribution in [1.82, 2.24) is 45.5 Å². The summed E-state index contributed by atoms with van der Waals surface area (Å²) in [6.45, 7) is 15.6. The molecule has 4 aromatic heterocycles. The summed E-state index contributed by atoms with van der Waals surface area (Å²) in [6.07, 6.45) is 7.85. The topological polar surface area (TPSA) is 178 Å². The Morgan fingerprint density at radius 3 is 2.55 bits per heavy atom. The minimum Gasteiger partial charge on any atom is -0.508 e. The number of thiazole rings is 1. The molecule has 5 aliphatic heterocycles. The molecule has 5 fully saturated rings. The first-order chi connectivity index (χ1) is 37.4. The molecule has 3 aromatic carbocycles. The third kappa shape index (κ3) is 9.85. The molecule has 18 heteroatoms. The number of amides is 2. The Balaban J connectivity index is 0.699. The molecule has 7 atom stereocenters. The number of rotatable bonds is 15. The van der Waals surface area contributed by atoms with Gasteiger partial charge in [-0.05, 0) is 110 Å². The molecular formula is C59H68FN11O5S. The largest absolute Gasteiger partial charge is 0.508 e. The van der Waals surface area contributed by atoms with Gasteiger partial charge in [-0.3, -0.25) is 19.5 Å². The maximum Gasteiger partial charge on any atom is 0.319 e. The summed E-state index contributed by atoms with van der Waals surface area (Å²) in [4.78, 5) is 57.1. The number of pyridine rings is 1. The Morgan fingerprint density at radius 2 is 1.78 bits per heavy atom. The SMILES string of the molecule is CCc1cccc2cc(O)cc(-c3ncc4c(N5CC6CCC(C5)N6)nc(OCCN5CCC6C(CCN6c6cc(C(C(=O)N7CCCC7C(=O)NC(C)c7ccc(-c8scnc8C)cc7)C(C)C)on6)C5)nc4c3F)c12. The number of phenols is 1. The Bertz CT molecular complexity index is 3320. The predicted molar refractivity (Wildman–Crippen MR) is 297 cm³/mol. The van der Waals surface area contributed by atoms with Gasteiger partial charge in [0.15, 0.2) is 17.4 Å². The summed E-state index contributed by atoms with van der Waals surface area (Å²) in [6, 6.07) is 19.7. The van der Waals surface area contributed by atoms with E-state index in [4.69, 9.17) is 24.2 Å². The molecular weight excluding hydrogens is 994 g/mol. The van der Waals surface area contributed by atoms with E-state index in [2.05, 4.69) is 54.5 Å². The van der Waals surface area contributed by atoms with Crippen molar-refractivity contribution in [3.05, 3.63) is 101 Å². The van der Waals surface area contributed by atoms with Gasteiger partial charge in [0.05, 0.1) is 27.5 Å². The van der Waals surface area contributed by atoms with Crippen molar-refractivity contribution in [3.8, 4) is 33.5 Å². The summed E-state index contributed by atoms with van der Waals surface area (Å²) in [5.74, 6) is 0.854. The molecule has 0 aliphatic carbocycles. The van der Waals surface area contributed by atoms with Crippen LogP contribution in [0.1, 0.15) is 101 Å². The number of nitrogens with zero attached hydrogens (tertiary/aromatic N) is 9. The molecule has 402 valence electrons. The van der Waals surface area contributed by atoms with Crippen LogP contribution in [-0.2, 0) is 16.0 Å². The van der Waals surface area contributed by atoms with Gasteiger partial charge in [0, 0.05) is 81.8 Å². The first-order valence-corrected chi connectivity index (χ1v) is 28.6. The fourth-order valence-electron chi connectivity index (χ4n) is 13.1. The van der Waals surface area contributed by atoms with Crippen molar-refractivity contribution in [2.75, 3.05) is 62.2 Å². The number of piperidine rings is 1. The number of ether oxygens (including phenoxy) is 1. The van der Waals surface area contributed by atoms with Crippen LogP contribution in [0.3, 0.4) is 0 Å². The lowest BCUT2D eigenvalue weighted by atomic mass is 9.91. The smallest absolute Gasteiger partial charge is 0.319 e. The summed E-state index contributed by atoms with van der Waals surface area (Å²) in [5.41, 5.74) is 6.79. The fourth-order valence-corrected chi connectivity index (χ4v) is 14.0. The van der Waals surface area contributed by atoms with E-state index in [1.807, 2.05) is 69.6 Å². The van der Waals surface area contributed by atoms with Crippen LogP contribution < -0.4 is 25.2 Å². The normalized spacial score (nSPS) is 22.3. The second-order valence-corrected chi connectivity index (χ2v) is 23.1. The van der Waals surface area contributed by atoms with Gasteiger partial charge in [-0.2, -0.15) is 9.97 Å². The Morgan fingerprint density at radius 1 is 0.961 bits per heavy atom. The van der Waals surface area contributed by atoms with Gasteiger partial charge in [0.1, 0.15) is 41.3 Å². The highest BCUT2D eigenvalue weighted by Crippen LogP contribution is 2.41. The monoisotopic (exact) mass is 1060 g/mol. The molecule has 0 spiro atoms. The zero-order valence-corrected chi connectivity index (χ0v) is 45.4. The fraction of sp³-hybridized carbons (Fsp3) is 0.475. The number of aromatic hydroxyl groups is 1. The van der Waals surface area contributed by atoms with Crippen LogP contribution in [0.5, 0.6) is 11.8 Å². The van der Waals surface area contributed by atoms with E-state index in [0.29, 0.717) is 66.6 Å². The molecule has 12 rings (SSSR count). The van der Waals surface area contributed by atoms with E-state index in [0.717, 1.165) is 115 Å². The molecule has 9 heterocycles. The molecule has 5 aliphatic rings. The number of nitrogens with one attached hydrogen (secondary N) is 2. The third-order valence-corrected chi connectivity index (χ3v) is 18.0. The van der Waals surface area contributed by atoms with Crippen molar-refractivity contribution in [2.45, 2.75) is 116 Å². The number of piperazine rings is 1. The lowest BCUT2D eigenvalue weighted by Crippen LogP contribution is -2.51. The van der Waals surface area contributed by atoms with Gasteiger partial charge < -0.3 is 39.7 Å². The van der Waals surface area contributed by atoms with Crippen LogP contribution >= 0.6 is 11.3 Å². The Kier molecular flexibility index (Phi) is 14.1. The minimum absolute atomic E-state index is 0.0407. The number of halogens is 1. The number of anilines is 2. The van der Waals surface area contributed by atoms with Crippen molar-refractivity contribution >= 4 is 56.5 Å². The van der Waals surface area contributed by atoms with Crippen LogP contribution in [0.4, 0.5) is 16.0 Å². The van der Waals surface area contributed by atoms with Crippen LogP contribution in [0.2, 0.25) is 0 Å². The number of phenolic OH excluding ortho intramolecular Hbond substituents is 1. The standard InChI is InChI=1S/C59H68FN11O5S/c1-6-36-9-7-10-39-25-43(72)26-44(51(36)39)53-52(60)54-45(28-61-53)56(69-30-41-16-17-42(31-69)64-41)66-59(65-54)75-24-23-68-21-19-46-40(29-68)18-22-70(46)49-27-48(76-67-49)50(33(2)3)58(74)71-20-8-11-47(71)57(73)63-34(4)37-12-14-38(15-13-37)55-35(5)62-32-77-55/h7,9-10,12-15,25-28,32-34,40-42,46-47,50,64,72H,6,8,11,16-24,29-31H2,1-5H3,(H,63,73). The molecule has 0 radical (unpaired) electrons. The lowest BCUT2D eigenvalue weighted by molar-refractivity contribution is -0.141. The summed E-state index contributed by atoms with van der Waals surface area (Å²) < 4.78 is 29.7. The van der Waals surface area contributed by atoms with Gasteiger partial charge in [-0.15, -0.1) is 11.3 Å². The molecule has 0 saturated carbocycles. The maximum atomic E-state index is 17.2. The highest BCUT2D eigenvalue weighted by molar-refractivity contribution is 7.13. The van der Waals surface area contributed by atoms with Crippen LogP contribution in [0, 0.1) is 24.6 Å². The molecule has 7 aromatic rings. The predicted octanol–water partition coefficient (Wildman–Crippen LogP) is 9.20. The zero-order valence-electron chi connectivity index (χ0n) is 44.5. The average molecular weight is 1060 g/mol. The van der Waals surface area contributed by atoms with Crippen molar-refractivity contribution in [1.29, 1.82) is 0 Å². The number of benzene rings is 3. The Labute approximate surface area is 452 Å². The molecule has 16 nitrogen and oxygen atoms in total. The van der Waals surface area contributed by atoms with Crippen LogP contribution in [0.15, 0.2) is 76.9 Å². The van der Waals surface area contributed by atoms with Crippen LogP contribution in [0.25, 0.3) is 43.4 Å². The number of likely N-dealkylation sites (tertiary alicyclic amines) is 2. The molecule has 77 heavy (non-hydrogen) atoms. The minimum atomic E-state index is -0.581. The summed E-state index contributed by atoms with van der Waals surface area (Å²) in [5, 5.41) is 24.5. The second kappa shape index (κ2) is 21.2. The highest BCUT2D eigenvalue weighted by Gasteiger charge is 2.43. The molecule has 7 unspecified atom stereocenters. The van der Waals surface area contributed by atoms with Crippen LogP contribution in [-0.4, -0.2) is 128 Å². The molecule has 3 N–H and O–H groups in total. The van der Waals surface area contributed by atoms with E-state index >= 15 is 4.39 Å². The van der Waals surface area contributed by atoms with Crippen molar-refractivity contribution in [3.63, 3.8) is 0 Å². The number of hydrogen-bond acceptors (Lipinski definition) is 15. The number of aromatic nitrogens is 5. The first-order valence-electron chi connectivity index (χ1n) is 27.7. The number of carbonyl (C=O) groups excluding carboxylic acids is 2. The second-order valence-electron chi connectivity index (χ2n) is 22.3. The lowest BCUT2D eigenvalue weighted by Gasteiger charge is -2.37. The van der Waals surface area contributed by atoms with Gasteiger partial charge in [-0.1, -0.05) is 68.4 Å². The van der Waals surface area contributed by atoms with E-state index < -0.39 is 17.8 Å². The molecule has 2 bridgehead atoms. The van der Waals surface area contributed by atoms with E-state index in [1.165, 1.54) is 0 Å². The van der Waals surface area contributed by atoms with E-state index in [9.17, 15) is 14.7 Å². The number of hydrogen-bond donors (Lipinski definition) is 3. The van der Waals surface area contributed by atoms with E-state index in [1.54, 1.807) is 34.6 Å². The highest BCUT2D eigenvalue weighted by atomic mass is 32.1. The van der Waals surface area contributed by atoms with Crippen molar-refractivity contribution < 1.29 is 28.3 Å². The van der Waals surface area contributed by atoms with E-state index in [-0.39, 0.29) is 52.8 Å². The maximum absolute atomic E-state index is 17.2. The number of aryl methyl sites for hydroxylation is 2. The van der Waals surface area contributed by atoms with Gasteiger partial charge >= 0.3 is 6.01 Å². The molecule has 2 amide bonds. The number of carbonyl (C=O) groups is 2. The first kappa shape index (κ1) is 51.0. The quantitative estimate of drug-likeness (QED) is 0.0885. The van der Waals surface area contributed by atoms with Gasteiger partial charge in [-0.25, -0.2) is 9.37 Å². The zero-order chi connectivity index (χ0) is 53.1. The van der Waals surface area contributed by atoms with Gasteiger partial charge in [0.2, 0.25) is 11.8 Å². The third-order valence-electron chi connectivity index (χ3n) is 17.1.